The Bertz CT molecular complexity index is 913. The van der Waals surface area contributed by atoms with Crippen LogP contribution in [0.4, 0.5) is 0 Å². The van der Waals surface area contributed by atoms with E-state index in [-0.39, 0.29) is 23.5 Å². The van der Waals surface area contributed by atoms with Crippen molar-refractivity contribution in [2.45, 2.75) is 19.0 Å². The third kappa shape index (κ3) is 4.27. The number of nitrogens with zero attached hydrogens (tertiary/aromatic N) is 1. The molecule has 0 bridgehead atoms. The molecule has 0 aromatic heterocycles. The summed E-state index contributed by atoms with van der Waals surface area (Å²) in [4.78, 5) is 14.9. The highest BCUT2D eigenvalue weighted by Crippen LogP contribution is 2.26. The fourth-order valence-electron chi connectivity index (χ4n) is 3.14. The second-order valence-corrected chi connectivity index (χ2v) is 9.40. The van der Waals surface area contributed by atoms with E-state index in [0.717, 1.165) is 5.56 Å². The normalized spacial score (nSPS) is 18.5. The van der Waals surface area contributed by atoms with Gasteiger partial charge in [0.15, 0.2) is 9.84 Å². The fraction of sp³-hybridized carbons (Fsp3) is 0.316. The van der Waals surface area contributed by atoms with Crippen molar-refractivity contribution in [2.24, 2.45) is 0 Å². The summed E-state index contributed by atoms with van der Waals surface area (Å²) < 4.78 is 29.9. The minimum absolute atomic E-state index is 0.00710. The molecule has 3 rings (SSSR count). The number of sulfone groups is 1. The van der Waals surface area contributed by atoms with Crippen LogP contribution in [-0.2, 0) is 16.4 Å². The fourth-order valence-corrected chi connectivity index (χ4v) is 5.33. The van der Waals surface area contributed by atoms with Crippen molar-refractivity contribution in [3.05, 3.63) is 64.1 Å². The van der Waals surface area contributed by atoms with Gasteiger partial charge in [-0.1, -0.05) is 24.3 Å². The van der Waals surface area contributed by atoms with E-state index in [9.17, 15) is 13.2 Å². The van der Waals surface area contributed by atoms with Crippen molar-refractivity contribution in [3.8, 4) is 5.75 Å². The largest absolute Gasteiger partial charge is 0.497 e. The van der Waals surface area contributed by atoms with Crippen molar-refractivity contribution in [1.29, 1.82) is 0 Å². The number of rotatable bonds is 5. The van der Waals surface area contributed by atoms with Gasteiger partial charge < -0.3 is 9.64 Å². The number of methoxy groups -OCH3 is 1. The summed E-state index contributed by atoms with van der Waals surface area (Å²) in [6.07, 6.45) is 0.461. The monoisotopic (exact) mass is 437 g/mol. The molecule has 0 radical (unpaired) electrons. The molecule has 0 spiro atoms. The summed E-state index contributed by atoms with van der Waals surface area (Å²) in [5, 5.41) is 0. The van der Waals surface area contributed by atoms with Crippen LogP contribution in [0.2, 0.25) is 0 Å². The highest BCUT2D eigenvalue weighted by atomic mass is 79.9. The van der Waals surface area contributed by atoms with Gasteiger partial charge in [0.05, 0.1) is 24.2 Å². The molecule has 1 aliphatic heterocycles. The highest BCUT2D eigenvalue weighted by Gasteiger charge is 2.35. The lowest BCUT2D eigenvalue weighted by molar-refractivity contribution is 0.0680. The second kappa shape index (κ2) is 7.80. The van der Waals surface area contributed by atoms with Crippen molar-refractivity contribution < 1.29 is 17.9 Å². The van der Waals surface area contributed by atoms with Gasteiger partial charge in [0.2, 0.25) is 0 Å². The van der Waals surface area contributed by atoms with Gasteiger partial charge >= 0.3 is 0 Å². The Morgan fingerprint density at radius 2 is 2.00 bits per heavy atom. The quantitative estimate of drug-likeness (QED) is 0.719. The van der Waals surface area contributed by atoms with E-state index < -0.39 is 9.84 Å². The molecule has 1 aliphatic rings. The molecule has 0 aliphatic carbocycles. The molecule has 1 atom stereocenters. The average Bonchev–Trinajstić information content (AvgIpc) is 2.99. The van der Waals surface area contributed by atoms with Crippen LogP contribution < -0.4 is 4.74 Å². The second-order valence-electron chi connectivity index (χ2n) is 6.32. The lowest BCUT2D eigenvalue weighted by Gasteiger charge is -2.29. The van der Waals surface area contributed by atoms with Gasteiger partial charge in [0.25, 0.3) is 5.91 Å². The first-order valence-corrected chi connectivity index (χ1v) is 10.9. The van der Waals surface area contributed by atoms with Crippen molar-refractivity contribution in [1.82, 2.24) is 4.90 Å². The van der Waals surface area contributed by atoms with Crippen LogP contribution in [-0.4, -0.2) is 43.9 Å². The number of carbonyl (C=O) groups excluding carboxylic acids is 1. The van der Waals surface area contributed by atoms with Gasteiger partial charge in [-0.15, -0.1) is 0 Å². The van der Waals surface area contributed by atoms with Crippen LogP contribution in [0.1, 0.15) is 22.3 Å². The van der Waals surface area contributed by atoms with Crippen LogP contribution in [0.25, 0.3) is 0 Å². The molecule has 1 amide bonds. The van der Waals surface area contributed by atoms with E-state index in [1.807, 2.05) is 36.4 Å². The van der Waals surface area contributed by atoms with E-state index in [1.165, 1.54) is 0 Å². The van der Waals surface area contributed by atoms with Gasteiger partial charge in [-0.2, -0.15) is 0 Å². The maximum atomic E-state index is 13.2. The Labute approximate surface area is 162 Å². The van der Waals surface area contributed by atoms with E-state index in [4.69, 9.17) is 4.74 Å². The van der Waals surface area contributed by atoms with Gasteiger partial charge in [-0.05, 0) is 52.2 Å². The minimum atomic E-state index is -3.10. The zero-order chi connectivity index (χ0) is 18.7. The lowest BCUT2D eigenvalue weighted by Crippen LogP contribution is -2.40. The van der Waals surface area contributed by atoms with Gasteiger partial charge in [0.1, 0.15) is 5.75 Å². The van der Waals surface area contributed by atoms with Crippen LogP contribution in [0.5, 0.6) is 5.75 Å². The zero-order valence-corrected chi connectivity index (χ0v) is 16.8. The summed E-state index contributed by atoms with van der Waals surface area (Å²) in [5.74, 6) is 0.653. The number of amides is 1. The Balaban J connectivity index is 1.94. The molecule has 2 aromatic carbocycles. The Morgan fingerprint density at radius 3 is 2.65 bits per heavy atom. The number of ether oxygens (including phenoxy) is 1. The molecular weight excluding hydrogens is 418 g/mol. The Morgan fingerprint density at radius 1 is 1.23 bits per heavy atom. The molecular formula is C19H20BrNO4S. The summed E-state index contributed by atoms with van der Waals surface area (Å²) in [5.41, 5.74) is 1.42. The SMILES string of the molecule is COc1cccc(CN(C(=O)c2ccccc2Br)[C@H]2CCS(=O)(=O)C2)c1. The molecule has 26 heavy (non-hydrogen) atoms. The van der Waals surface area contributed by atoms with Crippen LogP contribution >= 0.6 is 15.9 Å². The Hall–Kier alpha value is -1.86. The van der Waals surface area contributed by atoms with E-state index in [1.54, 1.807) is 24.1 Å². The predicted octanol–water partition coefficient (Wildman–Crippen LogP) is 3.29. The molecule has 0 saturated carbocycles. The Kier molecular flexibility index (Phi) is 5.67. The molecule has 5 nitrogen and oxygen atoms in total. The molecule has 7 heteroatoms. The first-order chi connectivity index (χ1) is 12.4. The van der Waals surface area contributed by atoms with Crippen LogP contribution in [0.15, 0.2) is 53.0 Å². The first kappa shape index (κ1) is 18.9. The maximum Gasteiger partial charge on any atom is 0.255 e. The van der Waals surface area contributed by atoms with Crippen molar-refractivity contribution >= 4 is 31.7 Å². The standard InChI is InChI=1S/C19H20BrNO4S/c1-25-16-6-4-5-14(11-16)12-21(15-9-10-26(23,24)13-15)19(22)17-7-2-3-8-18(17)20/h2-8,11,15H,9-10,12-13H2,1H3/t15-/m0/s1. The molecule has 0 N–H and O–H groups in total. The van der Waals surface area contributed by atoms with Gasteiger partial charge in [-0.3, -0.25) is 4.79 Å². The topological polar surface area (TPSA) is 63.7 Å². The number of hydrogen-bond acceptors (Lipinski definition) is 4. The van der Waals surface area contributed by atoms with Gasteiger partial charge in [0, 0.05) is 17.1 Å². The smallest absolute Gasteiger partial charge is 0.255 e. The number of halogens is 1. The molecule has 0 unspecified atom stereocenters. The van der Waals surface area contributed by atoms with E-state index in [2.05, 4.69) is 15.9 Å². The predicted molar refractivity (Wildman–Crippen MR) is 104 cm³/mol. The third-order valence-corrected chi connectivity index (χ3v) is 6.94. The number of carbonyl (C=O) groups is 1. The highest BCUT2D eigenvalue weighted by molar-refractivity contribution is 9.10. The lowest BCUT2D eigenvalue weighted by atomic mass is 10.1. The summed E-state index contributed by atoms with van der Waals surface area (Å²) in [7, 11) is -1.51. The third-order valence-electron chi connectivity index (χ3n) is 4.50. The van der Waals surface area contributed by atoms with E-state index >= 15 is 0 Å². The summed E-state index contributed by atoms with van der Waals surface area (Å²) in [6.45, 7) is 0.331. The minimum Gasteiger partial charge on any atom is -0.497 e. The first-order valence-electron chi connectivity index (χ1n) is 8.28. The average molecular weight is 438 g/mol. The molecule has 138 valence electrons. The van der Waals surface area contributed by atoms with Crippen LogP contribution in [0.3, 0.4) is 0 Å². The maximum absolute atomic E-state index is 13.2. The summed E-state index contributed by atoms with van der Waals surface area (Å²) >= 11 is 3.42. The molecule has 1 heterocycles. The zero-order valence-electron chi connectivity index (χ0n) is 14.4. The van der Waals surface area contributed by atoms with Crippen molar-refractivity contribution in [2.75, 3.05) is 18.6 Å². The number of hydrogen-bond donors (Lipinski definition) is 0. The van der Waals surface area contributed by atoms with Gasteiger partial charge in [-0.25, -0.2) is 8.42 Å². The summed E-state index contributed by atoms with van der Waals surface area (Å²) in [6, 6.07) is 14.3. The molecule has 2 aromatic rings. The van der Waals surface area contributed by atoms with Crippen molar-refractivity contribution in [3.63, 3.8) is 0 Å². The number of benzene rings is 2. The van der Waals surface area contributed by atoms with E-state index in [0.29, 0.717) is 28.8 Å². The molecule has 1 fully saturated rings. The van der Waals surface area contributed by atoms with Crippen LogP contribution in [0, 0.1) is 0 Å². The molecule has 1 saturated heterocycles.